The van der Waals surface area contributed by atoms with E-state index in [4.69, 9.17) is 15.0 Å². The fraction of sp³-hybridized carbons (Fsp3) is 0.0282. The number of hydrogen-bond donors (Lipinski definition) is 0. The molecule has 0 aliphatic carbocycles. The van der Waals surface area contributed by atoms with Crippen LogP contribution in [-0.4, -0.2) is 15.0 Å². The van der Waals surface area contributed by atoms with Gasteiger partial charge in [0.15, 0.2) is 0 Å². The normalized spacial score (nSPS) is 11.1. The van der Waals surface area contributed by atoms with Gasteiger partial charge in [-0.25, -0.2) is 0 Å². The summed E-state index contributed by atoms with van der Waals surface area (Å²) in [6.07, 6.45) is 5.77. The number of aryl methyl sites for hydroxylation is 2. The molecule has 0 saturated heterocycles. The molecule has 0 spiro atoms. The fourth-order valence-electron chi connectivity index (χ4n) is 10.0. The second-order valence-corrected chi connectivity index (χ2v) is 19.0. The van der Waals surface area contributed by atoms with E-state index in [1.165, 1.54) is 22.3 Å². The Bertz CT molecular complexity index is 3750. The lowest BCUT2D eigenvalue weighted by Gasteiger charge is -2.18. The van der Waals surface area contributed by atoms with E-state index in [1.54, 1.807) is 0 Å². The molecule has 9 aromatic carbocycles. The van der Waals surface area contributed by atoms with Crippen molar-refractivity contribution in [3.05, 3.63) is 285 Å². The summed E-state index contributed by atoms with van der Waals surface area (Å²) >= 11 is 0. The zero-order valence-electron chi connectivity index (χ0n) is 41.3. The summed E-state index contributed by atoms with van der Waals surface area (Å²) in [5.41, 5.74) is 26.9. The minimum absolute atomic E-state index is 0.937. The predicted molar refractivity (Wildman–Crippen MR) is 309 cm³/mol. The highest BCUT2D eigenvalue weighted by Gasteiger charge is 2.17. The Labute approximate surface area is 433 Å². The van der Waals surface area contributed by atoms with Crippen LogP contribution in [-0.2, 0) is 0 Å². The lowest BCUT2D eigenvalue weighted by atomic mass is 9.86. The van der Waals surface area contributed by atoms with Gasteiger partial charge in [0.05, 0.1) is 17.1 Å². The molecule has 0 atom stereocenters. The number of hydrogen-bond acceptors (Lipinski definition) is 3. The molecule has 0 fully saturated rings. The zero-order valence-corrected chi connectivity index (χ0v) is 41.3. The van der Waals surface area contributed by atoms with Crippen LogP contribution in [0.4, 0.5) is 0 Å². The van der Waals surface area contributed by atoms with Gasteiger partial charge in [-0.1, -0.05) is 212 Å². The van der Waals surface area contributed by atoms with Gasteiger partial charge in [-0.2, -0.15) is 0 Å². The average Bonchev–Trinajstić information content (AvgIpc) is 3.48. The van der Waals surface area contributed by atoms with Crippen LogP contribution in [0.25, 0.3) is 123 Å². The van der Waals surface area contributed by atoms with Crippen LogP contribution in [0.1, 0.15) is 11.1 Å². The van der Waals surface area contributed by atoms with E-state index in [1.807, 2.05) is 18.6 Å². The third-order valence-electron chi connectivity index (χ3n) is 14.0. The van der Waals surface area contributed by atoms with E-state index in [0.29, 0.717) is 0 Å². The molecule has 12 aromatic rings. The van der Waals surface area contributed by atoms with Gasteiger partial charge in [-0.3, -0.25) is 15.0 Å². The summed E-state index contributed by atoms with van der Waals surface area (Å²) in [6, 6.07) is 91.9. The van der Waals surface area contributed by atoms with Crippen LogP contribution in [0.15, 0.2) is 273 Å². The van der Waals surface area contributed by atoms with Crippen molar-refractivity contribution in [3.8, 4) is 123 Å². The predicted octanol–water partition coefficient (Wildman–Crippen LogP) is 18.8. The lowest BCUT2D eigenvalue weighted by molar-refractivity contribution is 1.27. The maximum atomic E-state index is 4.84. The van der Waals surface area contributed by atoms with Crippen LogP contribution in [0, 0.1) is 13.8 Å². The molecule has 0 aliphatic heterocycles. The third kappa shape index (κ3) is 9.51. The van der Waals surface area contributed by atoms with E-state index in [9.17, 15) is 0 Å². The first-order valence-electron chi connectivity index (χ1n) is 25.2. The Kier molecular flexibility index (Phi) is 12.5. The fourth-order valence-corrected chi connectivity index (χ4v) is 10.0. The number of aromatic nitrogens is 3. The third-order valence-corrected chi connectivity index (χ3v) is 14.0. The van der Waals surface area contributed by atoms with Crippen LogP contribution in [0.2, 0.25) is 0 Å². The molecular weight excluding hydrogens is 895 g/mol. The Morgan fingerprint density at radius 1 is 0.203 bits per heavy atom. The van der Waals surface area contributed by atoms with Crippen molar-refractivity contribution in [2.75, 3.05) is 0 Å². The first-order chi connectivity index (χ1) is 36.5. The van der Waals surface area contributed by atoms with Crippen LogP contribution < -0.4 is 0 Å². The van der Waals surface area contributed by atoms with Gasteiger partial charge >= 0.3 is 0 Å². The molecule has 3 nitrogen and oxygen atoms in total. The van der Waals surface area contributed by atoms with Crippen molar-refractivity contribution in [1.82, 2.24) is 15.0 Å². The smallest absolute Gasteiger partial charge is 0.0708 e. The second-order valence-electron chi connectivity index (χ2n) is 19.0. The molecule has 12 rings (SSSR count). The highest BCUT2D eigenvalue weighted by molar-refractivity contribution is 5.94. The molecule has 0 radical (unpaired) electrons. The topological polar surface area (TPSA) is 38.7 Å². The molecule has 3 heteroatoms. The Morgan fingerprint density at radius 2 is 0.514 bits per heavy atom. The molecule has 350 valence electrons. The largest absolute Gasteiger partial charge is 0.256 e. The van der Waals surface area contributed by atoms with Crippen molar-refractivity contribution in [1.29, 1.82) is 0 Å². The molecule has 0 unspecified atom stereocenters. The minimum atomic E-state index is 0.937. The number of nitrogens with zero attached hydrogens (tertiary/aromatic N) is 3. The maximum absolute atomic E-state index is 4.84. The van der Waals surface area contributed by atoms with E-state index in [0.717, 1.165) is 112 Å². The molecule has 3 heterocycles. The van der Waals surface area contributed by atoms with Crippen molar-refractivity contribution in [2.24, 2.45) is 0 Å². The minimum Gasteiger partial charge on any atom is -0.256 e. The van der Waals surface area contributed by atoms with E-state index >= 15 is 0 Å². The quantitative estimate of drug-likeness (QED) is 0.130. The molecule has 0 amide bonds. The first-order valence-corrected chi connectivity index (χ1v) is 25.2. The highest BCUT2D eigenvalue weighted by atomic mass is 14.7. The van der Waals surface area contributed by atoms with Crippen LogP contribution >= 0.6 is 0 Å². The average molecular weight is 946 g/mol. The van der Waals surface area contributed by atoms with Gasteiger partial charge in [0.1, 0.15) is 0 Å². The monoisotopic (exact) mass is 945 g/mol. The number of pyridine rings is 3. The standard InChI is InChI=1S/C71H51N3/c1-48-20-38-69(73-46-48)56-32-26-53(27-33-56)63-14-6-9-17-66(63)60-42-61(67-18-10-7-15-64(67)54-28-34-57(35-29-54)70-39-21-49(2)47-74-70)44-62(43-60)68-19-11-8-16-65(68)55-30-36-58(37-31-55)71-45-59(40-41-72-71)52-24-22-51(23-25-52)50-12-4-3-5-13-50/h3-47H,1-2H3. The molecule has 0 bridgehead atoms. The van der Waals surface area contributed by atoms with E-state index in [2.05, 4.69) is 269 Å². The van der Waals surface area contributed by atoms with Crippen LogP contribution in [0.3, 0.4) is 0 Å². The summed E-state index contributed by atoms with van der Waals surface area (Å²) in [6.45, 7) is 4.14. The Hall–Kier alpha value is -9.57. The lowest BCUT2D eigenvalue weighted by Crippen LogP contribution is -1.92. The summed E-state index contributed by atoms with van der Waals surface area (Å²) in [5, 5.41) is 0. The molecule has 0 saturated carbocycles. The molecule has 74 heavy (non-hydrogen) atoms. The first kappa shape index (κ1) is 45.6. The summed E-state index contributed by atoms with van der Waals surface area (Å²) < 4.78 is 0. The molecular formula is C71H51N3. The second kappa shape index (κ2) is 20.3. The van der Waals surface area contributed by atoms with Gasteiger partial charge in [0.25, 0.3) is 0 Å². The van der Waals surface area contributed by atoms with Gasteiger partial charge in [-0.15, -0.1) is 0 Å². The SMILES string of the molecule is Cc1ccc(-c2ccc(-c3ccccc3-c3cc(-c4ccccc4-c4ccc(-c5ccc(C)cn5)cc4)cc(-c4ccccc4-c4ccc(-c5cc(-c6ccc(-c7ccccc7)cc6)ccn5)cc4)c3)cc2)nc1. The van der Waals surface area contributed by atoms with Crippen molar-refractivity contribution >= 4 is 0 Å². The summed E-state index contributed by atoms with van der Waals surface area (Å²) in [4.78, 5) is 14.3. The van der Waals surface area contributed by atoms with Crippen molar-refractivity contribution in [2.45, 2.75) is 13.8 Å². The number of rotatable bonds is 11. The Balaban J connectivity index is 0.931. The van der Waals surface area contributed by atoms with Gasteiger partial charge in [-0.05, 0) is 156 Å². The highest BCUT2D eigenvalue weighted by Crippen LogP contribution is 2.43. The van der Waals surface area contributed by atoms with Gasteiger partial charge in [0, 0.05) is 35.3 Å². The van der Waals surface area contributed by atoms with Crippen LogP contribution in [0.5, 0.6) is 0 Å². The molecule has 0 N–H and O–H groups in total. The summed E-state index contributed by atoms with van der Waals surface area (Å²) in [5.74, 6) is 0. The molecule has 0 aliphatic rings. The van der Waals surface area contributed by atoms with Gasteiger partial charge < -0.3 is 0 Å². The van der Waals surface area contributed by atoms with E-state index < -0.39 is 0 Å². The van der Waals surface area contributed by atoms with Crippen molar-refractivity contribution in [3.63, 3.8) is 0 Å². The number of benzene rings is 9. The molecule has 3 aromatic heterocycles. The van der Waals surface area contributed by atoms with Gasteiger partial charge in [0.2, 0.25) is 0 Å². The zero-order chi connectivity index (χ0) is 49.8. The van der Waals surface area contributed by atoms with Crippen molar-refractivity contribution < 1.29 is 0 Å². The summed E-state index contributed by atoms with van der Waals surface area (Å²) in [7, 11) is 0. The maximum Gasteiger partial charge on any atom is 0.0708 e. The van der Waals surface area contributed by atoms with E-state index in [-0.39, 0.29) is 0 Å². The Morgan fingerprint density at radius 3 is 0.892 bits per heavy atom.